The van der Waals surface area contributed by atoms with Crippen molar-refractivity contribution in [1.82, 2.24) is 5.01 Å². The van der Waals surface area contributed by atoms with E-state index in [4.69, 9.17) is 21.5 Å². The Kier molecular flexibility index (Phi) is 9.91. The lowest BCUT2D eigenvalue weighted by atomic mass is 9.90. The molecule has 0 amide bonds. The van der Waals surface area contributed by atoms with E-state index in [1.165, 1.54) is 32.8 Å². The fourth-order valence-electron chi connectivity index (χ4n) is 4.40. The normalized spacial score (nSPS) is 12.4. The Morgan fingerprint density at radius 3 is 2.35 bits per heavy atom. The molecule has 1 atom stereocenters. The maximum atomic E-state index is 9.58. The summed E-state index contributed by atoms with van der Waals surface area (Å²) in [6, 6.07) is 18.7. The molecule has 3 rings (SSSR count). The molecule has 3 aromatic rings. The van der Waals surface area contributed by atoms with Gasteiger partial charge >= 0.3 is 0 Å². The average Bonchev–Trinajstić information content (AvgIpc) is 2.88. The van der Waals surface area contributed by atoms with Crippen molar-refractivity contribution >= 4 is 11.5 Å². The fourth-order valence-corrected chi connectivity index (χ4v) is 4.40. The third-order valence-electron chi connectivity index (χ3n) is 6.50. The number of hydrazone groups is 1. The van der Waals surface area contributed by atoms with Crippen LogP contribution in [0.15, 0.2) is 59.7 Å². The van der Waals surface area contributed by atoms with Gasteiger partial charge in [-0.05, 0) is 90.4 Å². The molecule has 0 fully saturated rings. The number of rotatable bonds is 11. The predicted molar refractivity (Wildman–Crippen MR) is 150 cm³/mol. The minimum absolute atomic E-state index is 0.0594. The van der Waals surface area contributed by atoms with Gasteiger partial charge in [0.25, 0.3) is 0 Å². The highest BCUT2D eigenvalue weighted by Crippen LogP contribution is 2.34. The van der Waals surface area contributed by atoms with E-state index in [9.17, 15) is 5.11 Å². The van der Waals surface area contributed by atoms with Crippen LogP contribution in [0.1, 0.15) is 34.2 Å². The molecule has 8 nitrogen and oxygen atoms in total. The topological polar surface area (TPSA) is 129 Å². The first kappa shape index (κ1) is 28.0. The SMILES string of the molecule is Cc1cc(OCC(O)CO)cc(C)c1-c1cccc(CNc2ccc(CC/C(=N/N)N(C)N)cc2)c1C. The quantitative estimate of drug-likeness (QED) is 0.116. The molecule has 0 aliphatic carbocycles. The zero-order valence-electron chi connectivity index (χ0n) is 22.2. The first-order valence-electron chi connectivity index (χ1n) is 12.4. The second-order valence-corrected chi connectivity index (χ2v) is 9.38. The van der Waals surface area contributed by atoms with Gasteiger partial charge in [-0.2, -0.15) is 5.10 Å². The number of aliphatic hydroxyl groups is 2. The smallest absolute Gasteiger partial charge is 0.138 e. The average molecular weight is 506 g/mol. The van der Waals surface area contributed by atoms with Crippen molar-refractivity contribution in [2.75, 3.05) is 25.6 Å². The molecule has 0 radical (unpaired) electrons. The maximum Gasteiger partial charge on any atom is 0.138 e. The van der Waals surface area contributed by atoms with Crippen LogP contribution in [-0.4, -0.2) is 47.4 Å². The van der Waals surface area contributed by atoms with E-state index >= 15 is 0 Å². The molecule has 0 aliphatic rings. The molecule has 0 bridgehead atoms. The minimum Gasteiger partial charge on any atom is -0.491 e. The Hall–Kier alpha value is -3.59. The zero-order chi connectivity index (χ0) is 26.9. The van der Waals surface area contributed by atoms with Gasteiger partial charge in [-0.3, -0.25) is 0 Å². The highest BCUT2D eigenvalue weighted by atomic mass is 16.5. The van der Waals surface area contributed by atoms with E-state index in [-0.39, 0.29) is 13.2 Å². The van der Waals surface area contributed by atoms with Crippen molar-refractivity contribution in [3.63, 3.8) is 0 Å². The van der Waals surface area contributed by atoms with Gasteiger partial charge in [-0.25, -0.2) is 5.84 Å². The molecule has 1 unspecified atom stereocenters. The van der Waals surface area contributed by atoms with Gasteiger partial charge < -0.3 is 31.1 Å². The molecule has 8 heteroatoms. The Balaban J connectivity index is 1.69. The van der Waals surface area contributed by atoms with E-state index in [1.54, 1.807) is 7.05 Å². The summed E-state index contributed by atoms with van der Waals surface area (Å²) < 4.78 is 5.67. The van der Waals surface area contributed by atoms with Gasteiger partial charge in [-0.15, -0.1) is 0 Å². The van der Waals surface area contributed by atoms with E-state index in [0.717, 1.165) is 23.2 Å². The second-order valence-electron chi connectivity index (χ2n) is 9.38. The summed E-state index contributed by atoms with van der Waals surface area (Å²) in [6.07, 6.45) is 0.599. The number of aryl methyl sites for hydroxylation is 3. The molecule has 0 spiro atoms. The molecule has 0 saturated heterocycles. The number of aliphatic hydroxyl groups excluding tert-OH is 2. The number of hydrogen-bond acceptors (Lipinski definition) is 7. The molecule has 0 heterocycles. The van der Waals surface area contributed by atoms with Gasteiger partial charge in [0, 0.05) is 25.7 Å². The van der Waals surface area contributed by atoms with Gasteiger partial charge in [0.05, 0.1) is 6.61 Å². The molecular formula is C29H39N5O3. The standard InChI is InChI=1S/C29H39N5O3/c1-19-14-26(37-18-25(36)17-35)15-20(2)29(19)27-7-5-6-23(21(27)3)16-32-24-11-8-22(9-12-24)10-13-28(33-30)34(4)31/h5-9,11-12,14-15,25,32,35-36H,10,13,16-18,30-31H2,1-4H3/b33-28-. The first-order valence-corrected chi connectivity index (χ1v) is 12.4. The highest BCUT2D eigenvalue weighted by Gasteiger charge is 2.14. The van der Waals surface area contributed by atoms with Crippen molar-refractivity contribution in [3.05, 3.63) is 82.4 Å². The van der Waals surface area contributed by atoms with Crippen LogP contribution in [0.5, 0.6) is 5.75 Å². The zero-order valence-corrected chi connectivity index (χ0v) is 22.2. The van der Waals surface area contributed by atoms with Crippen LogP contribution < -0.4 is 21.7 Å². The van der Waals surface area contributed by atoms with E-state index in [0.29, 0.717) is 24.6 Å². The summed E-state index contributed by atoms with van der Waals surface area (Å²) in [5, 5.41) is 27.3. The Morgan fingerprint density at radius 1 is 1.08 bits per heavy atom. The number of nitrogens with zero attached hydrogens (tertiary/aromatic N) is 2. The second kappa shape index (κ2) is 13.1. The van der Waals surface area contributed by atoms with Gasteiger partial charge in [0.15, 0.2) is 0 Å². The first-order chi connectivity index (χ1) is 17.7. The summed E-state index contributed by atoms with van der Waals surface area (Å²) in [5.41, 5.74) is 9.26. The number of hydrazine groups is 1. The lowest BCUT2D eigenvalue weighted by Gasteiger charge is -2.18. The van der Waals surface area contributed by atoms with Crippen LogP contribution in [0.3, 0.4) is 0 Å². The van der Waals surface area contributed by atoms with Crippen molar-refractivity contribution in [2.45, 2.75) is 46.3 Å². The van der Waals surface area contributed by atoms with Crippen LogP contribution >= 0.6 is 0 Å². The summed E-state index contributed by atoms with van der Waals surface area (Å²) in [7, 11) is 1.73. The van der Waals surface area contributed by atoms with E-state index < -0.39 is 6.10 Å². The van der Waals surface area contributed by atoms with Crippen LogP contribution in [0.25, 0.3) is 11.1 Å². The van der Waals surface area contributed by atoms with Gasteiger partial charge in [0.2, 0.25) is 0 Å². The Labute approximate surface area is 219 Å². The van der Waals surface area contributed by atoms with E-state index in [2.05, 4.69) is 73.7 Å². The lowest BCUT2D eigenvalue weighted by Crippen LogP contribution is -2.34. The molecule has 37 heavy (non-hydrogen) atoms. The molecule has 3 aromatic carbocycles. The number of amidine groups is 1. The summed E-state index contributed by atoms with van der Waals surface area (Å²) >= 11 is 0. The van der Waals surface area contributed by atoms with Crippen LogP contribution in [0.4, 0.5) is 5.69 Å². The Bertz CT molecular complexity index is 1190. The highest BCUT2D eigenvalue weighted by molar-refractivity contribution is 5.81. The number of nitrogens with two attached hydrogens (primary N) is 2. The number of nitrogens with one attached hydrogen (secondary N) is 1. The van der Waals surface area contributed by atoms with E-state index in [1.807, 2.05) is 12.1 Å². The van der Waals surface area contributed by atoms with Crippen LogP contribution in [0.2, 0.25) is 0 Å². The third kappa shape index (κ3) is 7.45. The molecule has 7 N–H and O–H groups in total. The third-order valence-corrected chi connectivity index (χ3v) is 6.50. The number of anilines is 1. The van der Waals surface area contributed by atoms with Crippen molar-refractivity contribution in [3.8, 4) is 16.9 Å². The summed E-state index contributed by atoms with van der Waals surface area (Å²) in [6.45, 7) is 6.73. The van der Waals surface area contributed by atoms with Crippen molar-refractivity contribution < 1.29 is 14.9 Å². The molecule has 0 saturated carbocycles. The summed E-state index contributed by atoms with van der Waals surface area (Å²) in [4.78, 5) is 0. The number of hydrogen-bond donors (Lipinski definition) is 5. The maximum absolute atomic E-state index is 9.58. The van der Waals surface area contributed by atoms with Crippen LogP contribution in [-0.2, 0) is 13.0 Å². The minimum atomic E-state index is -0.889. The van der Waals surface area contributed by atoms with Crippen molar-refractivity contribution in [1.29, 1.82) is 0 Å². The fraction of sp³-hybridized carbons (Fsp3) is 0.345. The van der Waals surface area contributed by atoms with Crippen molar-refractivity contribution in [2.24, 2.45) is 16.8 Å². The van der Waals surface area contributed by atoms with Gasteiger partial charge in [0.1, 0.15) is 24.3 Å². The monoisotopic (exact) mass is 505 g/mol. The van der Waals surface area contributed by atoms with Gasteiger partial charge in [-0.1, -0.05) is 30.3 Å². The Morgan fingerprint density at radius 2 is 1.76 bits per heavy atom. The largest absolute Gasteiger partial charge is 0.491 e. The summed E-state index contributed by atoms with van der Waals surface area (Å²) in [5.74, 6) is 12.5. The molecule has 198 valence electrons. The lowest BCUT2D eigenvalue weighted by molar-refractivity contribution is 0.0536. The molecular weight excluding hydrogens is 466 g/mol. The number of benzene rings is 3. The molecule has 0 aromatic heterocycles. The predicted octanol–water partition coefficient (Wildman–Crippen LogP) is 3.63. The molecule has 0 aliphatic heterocycles. The van der Waals surface area contributed by atoms with Crippen LogP contribution in [0, 0.1) is 20.8 Å². The number of ether oxygens (including phenoxy) is 1.